The topological polar surface area (TPSA) is 65.4 Å². The van der Waals surface area contributed by atoms with E-state index in [4.69, 9.17) is 4.74 Å². The van der Waals surface area contributed by atoms with E-state index in [9.17, 15) is 23.2 Å². The van der Waals surface area contributed by atoms with Gasteiger partial charge >= 0.3 is 12.3 Å². The van der Waals surface area contributed by atoms with Crippen LogP contribution in [0.2, 0.25) is 0 Å². The molecule has 27 heavy (non-hydrogen) atoms. The number of ether oxygens (including phenoxy) is 1. The van der Waals surface area contributed by atoms with Crippen molar-refractivity contribution < 1.29 is 22.7 Å². The average Bonchev–Trinajstić information content (AvgIpc) is 2.51. The molecule has 5 nitrogen and oxygen atoms in total. The number of alkyl carbamates (subject to hydrolysis) is 1. The van der Waals surface area contributed by atoms with Gasteiger partial charge in [0.1, 0.15) is 11.7 Å². The molecule has 0 bridgehead atoms. The number of piperidine rings is 1. The molecule has 1 N–H and O–H groups in total. The molecule has 1 aliphatic heterocycles. The summed E-state index contributed by atoms with van der Waals surface area (Å²) >= 11 is 0. The van der Waals surface area contributed by atoms with Crippen molar-refractivity contribution in [3.05, 3.63) is 29.3 Å². The van der Waals surface area contributed by atoms with E-state index in [-0.39, 0.29) is 17.6 Å². The zero-order valence-corrected chi connectivity index (χ0v) is 15.9. The highest BCUT2D eigenvalue weighted by Gasteiger charge is 2.33. The summed E-state index contributed by atoms with van der Waals surface area (Å²) in [5.41, 5.74) is -0.945. The maximum absolute atomic E-state index is 12.9. The molecule has 1 aromatic carbocycles. The van der Waals surface area contributed by atoms with E-state index in [1.165, 1.54) is 6.07 Å². The van der Waals surface area contributed by atoms with Crippen molar-refractivity contribution in [1.82, 2.24) is 5.32 Å². The molecule has 0 radical (unpaired) electrons. The highest BCUT2D eigenvalue weighted by molar-refractivity contribution is 5.68. The third-order valence-corrected chi connectivity index (χ3v) is 4.35. The number of nitrogens with one attached hydrogen (secondary N) is 1. The molecule has 1 aromatic rings. The summed E-state index contributed by atoms with van der Waals surface area (Å²) in [6, 6.07) is 4.94. The minimum absolute atomic E-state index is 0.00442. The number of halogens is 3. The Kier molecular flexibility index (Phi) is 5.93. The minimum Gasteiger partial charge on any atom is -0.444 e. The quantitative estimate of drug-likeness (QED) is 0.819. The second-order valence-electron chi connectivity index (χ2n) is 7.75. The summed E-state index contributed by atoms with van der Waals surface area (Å²) in [7, 11) is 0. The summed E-state index contributed by atoms with van der Waals surface area (Å²) in [5, 5.41) is 12.1. The van der Waals surface area contributed by atoms with Gasteiger partial charge < -0.3 is 15.0 Å². The van der Waals surface area contributed by atoms with Crippen LogP contribution in [0.15, 0.2) is 18.2 Å². The molecule has 1 fully saturated rings. The third kappa shape index (κ3) is 5.52. The number of nitrogens with zero attached hydrogens (tertiary/aromatic N) is 2. The Morgan fingerprint density at radius 3 is 2.52 bits per heavy atom. The molecule has 2 unspecified atom stereocenters. The summed E-state index contributed by atoms with van der Waals surface area (Å²) in [6.45, 7) is 7.78. The van der Waals surface area contributed by atoms with Gasteiger partial charge in [0.05, 0.1) is 16.8 Å². The van der Waals surface area contributed by atoms with Crippen molar-refractivity contribution in [2.24, 2.45) is 0 Å². The van der Waals surface area contributed by atoms with Crippen LogP contribution < -0.4 is 10.2 Å². The fourth-order valence-electron chi connectivity index (χ4n) is 3.19. The smallest absolute Gasteiger partial charge is 0.416 e. The van der Waals surface area contributed by atoms with Crippen molar-refractivity contribution in [2.45, 2.75) is 64.4 Å². The second-order valence-corrected chi connectivity index (χ2v) is 7.75. The monoisotopic (exact) mass is 383 g/mol. The Hall–Kier alpha value is -2.43. The van der Waals surface area contributed by atoms with Gasteiger partial charge in [-0.2, -0.15) is 18.4 Å². The van der Waals surface area contributed by atoms with Crippen LogP contribution in [0.25, 0.3) is 0 Å². The van der Waals surface area contributed by atoms with Gasteiger partial charge in [0.25, 0.3) is 0 Å². The van der Waals surface area contributed by atoms with Crippen LogP contribution in [0.4, 0.5) is 23.7 Å². The number of carbonyl (C=O) groups is 1. The number of amides is 1. The van der Waals surface area contributed by atoms with Gasteiger partial charge in [-0.25, -0.2) is 4.79 Å². The van der Waals surface area contributed by atoms with Crippen molar-refractivity contribution in [1.29, 1.82) is 5.26 Å². The highest BCUT2D eigenvalue weighted by Crippen LogP contribution is 2.34. The summed E-state index contributed by atoms with van der Waals surface area (Å²) in [5.74, 6) is 0. The summed E-state index contributed by atoms with van der Waals surface area (Å²) in [4.78, 5) is 13.8. The Balaban J connectivity index is 2.09. The molecule has 1 saturated heterocycles. The van der Waals surface area contributed by atoms with E-state index in [0.717, 1.165) is 12.1 Å². The van der Waals surface area contributed by atoms with Crippen LogP contribution in [0.3, 0.4) is 0 Å². The molecule has 2 rings (SSSR count). The molecule has 1 aliphatic rings. The van der Waals surface area contributed by atoms with E-state index >= 15 is 0 Å². The Morgan fingerprint density at radius 2 is 2.00 bits per heavy atom. The van der Waals surface area contributed by atoms with Gasteiger partial charge in [0.2, 0.25) is 0 Å². The van der Waals surface area contributed by atoms with E-state index in [0.29, 0.717) is 25.1 Å². The first-order chi connectivity index (χ1) is 12.4. The zero-order valence-electron chi connectivity index (χ0n) is 15.9. The van der Waals surface area contributed by atoms with Gasteiger partial charge in [-0.1, -0.05) is 0 Å². The molecule has 0 aliphatic carbocycles. The van der Waals surface area contributed by atoms with Crippen molar-refractivity contribution in [3.8, 4) is 6.07 Å². The van der Waals surface area contributed by atoms with Crippen LogP contribution >= 0.6 is 0 Å². The largest absolute Gasteiger partial charge is 0.444 e. The number of nitriles is 1. The first-order valence-corrected chi connectivity index (χ1v) is 8.78. The molecule has 2 atom stereocenters. The number of benzene rings is 1. The standard InChI is InChI=1S/C19H24F3N3O2/c1-12-9-15(24-17(26)27-18(2,3)4)7-8-25(12)16-6-5-14(19(20,21)22)10-13(16)11-23/h5-6,10,12,15H,7-9H2,1-4H3,(H,24,26). The number of anilines is 1. The maximum atomic E-state index is 12.9. The van der Waals surface area contributed by atoms with Gasteiger partial charge in [-0.15, -0.1) is 0 Å². The van der Waals surface area contributed by atoms with Gasteiger partial charge in [-0.05, 0) is 58.7 Å². The fraction of sp³-hybridized carbons (Fsp3) is 0.579. The number of rotatable bonds is 2. The maximum Gasteiger partial charge on any atom is 0.416 e. The SMILES string of the molecule is CC1CC(NC(=O)OC(C)(C)C)CCN1c1ccc(C(F)(F)F)cc1C#N. The molecule has 1 amide bonds. The van der Waals surface area contributed by atoms with Crippen LogP contribution in [-0.2, 0) is 10.9 Å². The molecule has 8 heteroatoms. The normalized spacial score (nSPS) is 20.7. The van der Waals surface area contributed by atoms with Crippen LogP contribution in [0.5, 0.6) is 0 Å². The second kappa shape index (κ2) is 7.67. The highest BCUT2D eigenvalue weighted by atomic mass is 19.4. The molecule has 148 valence electrons. The fourth-order valence-corrected chi connectivity index (χ4v) is 3.19. The third-order valence-electron chi connectivity index (χ3n) is 4.35. The van der Waals surface area contributed by atoms with Crippen LogP contribution in [-0.4, -0.2) is 30.3 Å². The molecule has 0 saturated carbocycles. The van der Waals surface area contributed by atoms with Gasteiger partial charge in [0.15, 0.2) is 0 Å². The lowest BCUT2D eigenvalue weighted by atomic mass is 9.96. The molecule has 1 heterocycles. The number of hydrogen-bond acceptors (Lipinski definition) is 4. The van der Waals surface area contributed by atoms with Gasteiger partial charge in [0, 0.05) is 18.6 Å². The number of hydrogen-bond donors (Lipinski definition) is 1. The van der Waals surface area contributed by atoms with E-state index < -0.39 is 23.4 Å². The molecule has 0 aromatic heterocycles. The predicted octanol–water partition coefficient (Wildman–Crippen LogP) is 4.46. The van der Waals surface area contributed by atoms with Crippen molar-refractivity contribution >= 4 is 11.8 Å². The van der Waals surface area contributed by atoms with E-state index in [1.807, 2.05) is 17.9 Å². The Morgan fingerprint density at radius 1 is 1.33 bits per heavy atom. The number of carbonyl (C=O) groups excluding carboxylic acids is 1. The minimum atomic E-state index is -4.49. The lowest BCUT2D eigenvalue weighted by molar-refractivity contribution is -0.137. The first-order valence-electron chi connectivity index (χ1n) is 8.78. The lowest BCUT2D eigenvalue weighted by Crippen LogP contribution is -2.50. The average molecular weight is 383 g/mol. The van der Waals surface area contributed by atoms with Crippen LogP contribution in [0.1, 0.15) is 51.7 Å². The van der Waals surface area contributed by atoms with E-state index in [1.54, 1.807) is 20.8 Å². The van der Waals surface area contributed by atoms with E-state index in [2.05, 4.69) is 5.32 Å². The molecular weight excluding hydrogens is 359 g/mol. The molecule has 0 spiro atoms. The van der Waals surface area contributed by atoms with Gasteiger partial charge in [-0.3, -0.25) is 0 Å². The predicted molar refractivity (Wildman–Crippen MR) is 95.4 cm³/mol. The Labute approximate surface area is 157 Å². The zero-order chi connectivity index (χ0) is 20.4. The van der Waals surface area contributed by atoms with Crippen LogP contribution in [0, 0.1) is 11.3 Å². The Bertz CT molecular complexity index is 735. The van der Waals surface area contributed by atoms with Crippen molar-refractivity contribution in [3.63, 3.8) is 0 Å². The summed E-state index contributed by atoms with van der Waals surface area (Å²) < 4.78 is 43.9. The van der Waals surface area contributed by atoms with Crippen molar-refractivity contribution in [2.75, 3.05) is 11.4 Å². The first kappa shape index (κ1) is 20.9. The number of alkyl halides is 3. The lowest BCUT2D eigenvalue weighted by Gasteiger charge is -2.40. The molecular formula is C19H24F3N3O2. The summed E-state index contributed by atoms with van der Waals surface area (Å²) in [6.07, 6.45) is -3.76.